The molecule has 3 N–H and O–H groups in total. The molecule has 0 aliphatic carbocycles. The van der Waals surface area contributed by atoms with Gasteiger partial charge in [0, 0.05) is 24.1 Å². The Labute approximate surface area is 118 Å². The summed E-state index contributed by atoms with van der Waals surface area (Å²) in [6, 6.07) is 0. The van der Waals surface area contributed by atoms with Gasteiger partial charge in [-0.15, -0.1) is 0 Å². The number of nitrogens with two attached hydrogens (primary N) is 1. The van der Waals surface area contributed by atoms with E-state index < -0.39 is 0 Å². The number of aromatic amines is 1. The maximum absolute atomic E-state index is 12.5. The zero-order valence-corrected chi connectivity index (χ0v) is 12.4. The Morgan fingerprint density at radius 2 is 2.37 bits per heavy atom. The quantitative estimate of drug-likeness (QED) is 0.884. The molecule has 5 nitrogen and oxygen atoms in total. The second-order valence-corrected chi connectivity index (χ2v) is 6.27. The summed E-state index contributed by atoms with van der Waals surface area (Å²) < 4.78 is 0. The van der Waals surface area contributed by atoms with Crippen LogP contribution in [0.1, 0.15) is 42.9 Å². The lowest BCUT2D eigenvalue weighted by molar-refractivity contribution is 0.0756. The van der Waals surface area contributed by atoms with E-state index in [1.54, 1.807) is 0 Å². The molecule has 0 spiro atoms. The molecule has 0 saturated carbocycles. The minimum atomic E-state index is -0.0325. The summed E-state index contributed by atoms with van der Waals surface area (Å²) in [7, 11) is 0. The SMILES string of the molecule is CCCc1[nH]nc(C(=O)N2CCSC(CC)C2)c1N. The van der Waals surface area contributed by atoms with E-state index in [4.69, 9.17) is 5.73 Å². The molecule has 2 rings (SSSR count). The molecule has 1 fully saturated rings. The highest BCUT2D eigenvalue weighted by atomic mass is 32.2. The number of rotatable bonds is 4. The fourth-order valence-corrected chi connectivity index (χ4v) is 3.47. The highest BCUT2D eigenvalue weighted by Crippen LogP contribution is 2.24. The number of nitrogen functional groups attached to an aromatic ring is 1. The average molecular weight is 282 g/mol. The molecule has 1 aliphatic rings. The lowest BCUT2D eigenvalue weighted by atomic mass is 10.2. The van der Waals surface area contributed by atoms with Gasteiger partial charge >= 0.3 is 0 Å². The third kappa shape index (κ3) is 3.05. The fraction of sp³-hybridized carbons (Fsp3) is 0.692. The molecule has 1 atom stereocenters. The smallest absolute Gasteiger partial charge is 0.276 e. The largest absolute Gasteiger partial charge is 0.395 e. The number of carbonyl (C=O) groups excluding carboxylic acids is 1. The van der Waals surface area contributed by atoms with Crippen LogP contribution in [-0.4, -0.2) is 45.1 Å². The number of amides is 1. The van der Waals surface area contributed by atoms with Gasteiger partial charge in [-0.25, -0.2) is 0 Å². The highest BCUT2D eigenvalue weighted by molar-refractivity contribution is 8.00. The van der Waals surface area contributed by atoms with Crippen molar-refractivity contribution < 1.29 is 4.79 Å². The molecule has 0 radical (unpaired) electrons. The number of hydrogen-bond acceptors (Lipinski definition) is 4. The molecule has 1 amide bonds. The molecule has 1 aromatic rings. The zero-order valence-electron chi connectivity index (χ0n) is 11.6. The number of hydrogen-bond donors (Lipinski definition) is 2. The topological polar surface area (TPSA) is 75.0 Å². The summed E-state index contributed by atoms with van der Waals surface area (Å²) in [5, 5.41) is 7.54. The number of carbonyl (C=O) groups is 1. The molecule has 1 saturated heterocycles. The fourth-order valence-electron chi connectivity index (χ4n) is 2.29. The van der Waals surface area contributed by atoms with Crippen LogP contribution in [0.25, 0.3) is 0 Å². The van der Waals surface area contributed by atoms with Gasteiger partial charge in [0.1, 0.15) is 0 Å². The van der Waals surface area contributed by atoms with Crippen LogP contribution in [-0.2, 0) is 6.42 Å². The van der Waals surface area contributed by atoms with Gasteiger partial charge in [0.2, 0.25) is 0 Å². The Bertz CT molecular complexity index is 446. The number of aryl methyl sites for hydroxylation is 1. The van der Waals surface area contributed by atoms with Crippen molar-refractivity contribution in [2.75, 3.05) is 24.6 Å². The average Bonchev–Trinajstić information content (AvgIpc) is 2.80. The van der Waals surface area contributed by atoms with Crippen molar-refractivity contribution in [3.63, 3.8) is 0 Å². The predicted octanol–water partition coefficient (Wildman–Crippen LogP) is 1.91. The van der Waals surface area contributed by atoms with Crippen LogP contribution in [0.15, 0.2) is 0 Å². The molecule has 19 heavy (non-hydrogen) atoms. The Morgan fingerprint density at radius 3 is 3.05 bits per heavy atom. The van der Waals surface area contributed by atoms with Crippen LogP contribution >= 0.6 is 11.8 Å². The lowest BCUT2D eigenvalue weighted by Crippen LogP contribution is -2.42. The highest BCUT2D eigenvalue weighted by Gasteiger charge is 2.27. The van der Waals surface area contributed by atoms with E-state index in [-0.39, 0.29) is 5.91 Å². The first-order chi connectivity index (χ1) is 9.17. The second kappa shape index (κ2) is 6.32. The summed E-state index contributed by atoms with van der Waals surface area (Å²) in [5.74, 6) is 0.964. The van der Waals surface area contributed by atoms with Gasteiger partial charge in [-0.2, -0.15) is 16.9 Å². The summed E-state index contributed by atoms with van der Waals surface area (Å²) >= 11 is 1.94. The molecule has 1 aliphatic heterocycles. The predicted molar refractivity (Wildman–Crippen MR) is 79.4 cm³/mol. The number of anilines is 1. The van der Waals surface area contributed by atoms with Gasteiger partial charge in [-0.05, 0) is 12.8 Å². The standard InChI is InChI=1S/C13H22N4OS/c1-3-5-10-11(14)12(16-15-10)13(18)17-6-7-19-9(4-2)8-17/h9H,3-8,14H2,1-2H3,(H,15,16). The number of H-pyrrole nitrogens is 1. The van der Waals surface area contributed by atoms with E-state index in [9.17, 15) is 4.79 Å². The molecule has 0 bridgehead atoms. The Morgan fingerprint density at radius 1 is 1.58 bits per heavy atom. The van der Waals surface area contributed by atoms with Crippen molar-refractivity contribution in [1.82, 2.24) is 15.1 Å². The van der Waals surface area contributed by atoms with Crippen LogP contribution in [0.4, 0.5) is 5.69 Å². The van der Waals surface area contributed by atoms with Crippen LogP contribution in [0.5, 0.6) is 0 Å². The third-order valence-electron chi connectivity index (χ3n) is 3.47. The molecule has 2 heterocycles. The molecule has 106 valence electrons. The minimum absolute atomic E-state index is 0.0325. The summed E-state index contributed by atoms with van der Waals surface area (Å²) in [6.45, 7) is 5.83. The third-order valence-corrected chi connectivity index (χ3v) is 4.84. The molecular formula is C13H22N4OS. The number of nitrogens with zero attached hydrogens (tertiary/aromatic N) is 2. The van der Waals surface area contributed by atoms with Crippen LogP contribution in [0, 0.1) is 0 Å². The Balaban J connectivity index is 2.10. The summed E-state index contributed by atoms with van der Waals surface area (Å²) in [5.41, 5.74) is 7.82. The number of nitrogens with one attached hydrogen (secondary N) is 1. The normalized spacial score (nSPS) is 19.7. The van der Waals surface area contributed by atoms with E-state index in [1.807, 2.05) is 16.7 Å². The van der Waals surface area contributed by atoms with Crippen LogP contribution in [0.2, 0.25) is 0 Å². The maximum Gasteiger partial charge on any atom is 0.276 e. The first kappa shape index (κ1) is 14.2. The second-order valence-electron chi connectivity index (χ2n) is 4.87. The summed E-state index contributed by atoms with van der Waals surface area (Å²) in [4.78, 5) is 14.3. The van der Waals surface area contributed by atoms with E-state index in [0.717, 1.165) is 43.8 Å². The maximum atomic E-state index is 12.5. The molecule has 0 aromatic carbocycles. The van der Waals surface area contributed by atoms with Crippen molar-refractivity contribution in [3.05, 3.63) is 11.4 Å². The van der Waals surface area contributed by atoms with Crippen molar-refractivity contribution in [2.45, 2.75) is 38.4 Å². The van der Waals surface area contributed by atoms with Gasteiger partial charge in [-0.1, -0.05) is 20.3 Å². The van der Waals surface area contributed by atoms with Gasteiger partial charge in [0.05, 0.1) is 11.4 Å². The van der Waals surface area contributed by atoms with Crippen molar-refractivity contribution in [1.29, 1.82) is 0 Å². The van der Waals surface area contributed by atoms with Gasteiger partial charge in [0.15, 0.2) is 5.69 Å². The zero-order chi connectivity index (χ0) is 13.8. The van der Waals surface area contributed by atoms with Gasteiger partial charge < -0.3 is 10.6 Å². The van der Waals surface area contributed by atoms with Crippen molar-refractivity contribution in [2.24, 2.45) is 0 Å². The summed E-state index contributed by atoms with van der Waals surface area (Å²) in [6.07, 6.45) is 2.91. The molecule has 1 unspecified atom stereocenters. The Hall–Kier alpha value is -1.17. The van der Waals surface area contributed by atoms with Gasteiger partial charge in [-0.3, -0.25) is 9.89 Å². The van der Waals surface area contributed by atoms with Crippen molar-refractivity contribution in [3.8, 4) is 0 Å². The molecule has 1 aromatic heterocycles. The van der Waals surface area contributed by atoms with E-state index in [1.165, 1.54) is 0 Å². The number of thioether (sulfide) groups is 1. The van der Waals surface area contributed by atoms with Crippen LogP contribution < -0.4 is 5.73 Å². The minimum Gasteiger partial charge on any atom is -0.395 e. The molecular weight excluding hydrogens is 260 g/mol. The lowest BCUT2D eigenvalue weighted by Gasteiger charge is -2.31. The van der Waals surface area contributed by atoms with Gasteiger partial charge in [0.25, 0.3) is 5.91 Å². The Kier molecular flexibility index (Phi) is 4.74. The van der Waals surface area contributed by atoms with E-state index in [0.29, 0.717) is 16.6 Å². The molecule has 6 heteroatoms. The number of aromatic nitrogens is 2. The first-order valence-corrected chi connectivity index (χ1v) is 7.95. The van der Waals surface area contributed by atoms with E-state index >= 15 is 0 Å². The monoisotopic (exact) mass is 282 g/mol. The van der Waals surface area contributed by atoms with Crippen molar-refractivity contribution >= 4 is 23.4 Å². The van der Waals surface area contributed by atoms with E-state index in [2.05, 4.69) is 24.0 Å². The van der Waals surface area contributed by atoms with Crippen LogP contribution in [0.3, 0.4) is 0 Å². The first-order valence-electron chi connectivity index (χ1n) is 6.90.